The number of aromatic nitrogens is 2. The maximum atomic E-state index is 12.2. The third kappa shape index (κ3) is 7.03. The summed E-state index contributed by atoms with van der Waals surface area (Å²) in [7, 11) is 0. The van der Waals surface area contributed by atoms with E-state index in [0.717, 1.165) is 41.2 Å². The number of rotatable bonds is 4. The predicted octanol–water partition coefficient (Wildman–Crippen LogP) is 7.69. The van der Waals surface area contributed by atoms with Gasteiger partial charge in [-0.1, -0.05) is 35.3 Å². The molecule has 0 atom stereocenters. The molecular weight excluding hydrogens is 506 g/mol. The molecule has 1 N–H and O–H groups in total. The number of amides is 1. The molecule has 0 unspecified atom stereocenters. The molecule has 3 aromatic carbocycles. The number of imidazole rings is 1. The van der Waals surface area contributed by atoms with E-state index in [1.165, 1.54) is 19.1 Å². The van der Waals surface area contributed by atoms with E-state index >= 15 is 0 Å². The molecule has 176 valence electrons. The van der Waals surface area contributed by atoms with Crippen LogP contribution in [0, 0.1) is 0 Å². The monoisotopic (exact) mass is 523 g/mol. The van der Waals surface area contributed by atoms with Gasteiger partial charge in [0.2, 0.25) is 5.91 Å². The SMILES string of the molecule is CC(=O)NSc1ccc(C(F)(F)F)cc1.Clc1ccc(-n2ccnc2-c2ccccc2Cl)cc1. The first-order valence-corrected chi connectivity index (χ1v) is 11.4. The first kappa shape index (κ1) is 25.7. The smallest absolute Gasteiger partial charge is 0.300 e. The lowest BCUT2D eigenvalue weighted by Crippen LogP contribution is -2.10. The van der Waals surface area contributed by atoms with Crippen molar-refractivity contribution in [3.63, 3.8) is 0 Å². The van der Waals surface area contributed by atoms with E-state index in [9.17, 15) is 18.0 Å². The molecule has 0 aliphatic heterocycles. The number of hydrogen-bond acceptors (Lipinski definition) is 3. The molecule has 0 fully saturated rings. The Balaban J connectivity index is 0.000000197. The number of nitrogens with zero attached hydrogens (tertiary/aromatic N) is 2. The van der Waals surface area contributed by atoms with Crippen LogP contribution in [0.4, 0.5) is 13.2 Å². The number of hydrogen-bond donors (Lipinski definition) is 1. The Morgan fingerprint density at radius 2 is 1.62 bits per heavy atom. The fourth-order valence-corrected chi connectivity index (χ4v) is 3.68. The fourth-order valence-electron chi connectivity index (χ4n) is 2.80. The summed E-state index contributed by atoms with van der Waals surface area (Å²) in [6.45, 7) is 1.33. The second-order valence-electron chi connectivity index (χ2n) is 6.86. The molecular formula is C24H18Cl2F3N3OS. The van der Waals surface area contributed by atoms with Crippen LogP contribution in [0.2, 0.25) is 10.0 Å². The van der Waals surface area contributed by atoms with Crippen LogP contribution in [0.1, 0.15) is 12.5 Å². The molecule has 1 heterocycles. The second kappa shape index (κ2) is 11.5. The second-order valence-corrected chi connectivity index (χ2v) is 8.58. The van der Waals surface area contributed by atoms with Gasteiger partial charge in [-0.3, -0.25) is 14.1 Å². The maximum absolute atomic E-state index is 12.2. The van der Waals surface area contributed by atoms with Crippen LogP contribution < -0.4 is 4.72 Å². The first-order chi connectivity index (χ1) is 16.1. The van der Waals surface area contributed by atoms with Crippen LogP contribution in [0.3, 0.4) is 0 Å². The average molecular weight is 524 g/mol. The standard InChI is InChI=1S/C15H10Cl2N2.C9H8F3NOS/c16-11-5-7-12(8-6-11)19-10-9-18-15(19)13-3-1-2-4-14(13)17;1-6(14)13-15-8-4-2-7(3-5-8)9(10,11)12/h1-10H;2-5H,1H3,(H,13,14). The lowest BCUT2D eigenvalue weighted by atomic mass is 10.2. The van der Waals surface area contributed by atoms with Crippen molar-refractivity contribution >= 4 is 41.1 Å². The van der Waals surface area contributed by atoms with E-state index in [0.29, 0.717) is 14.9 Å². The van der Waals surface area contributed by atoms with Gasteiger partial charge in [-0.15, -0.1) is 0 Å². The summed E-state index contributed by atoms with van der Waals surface area (Å²) in [5.74, 6) is 0.563. The topological polar surface area (TPSA) is 46.9 Å². The van der Waals surface area contributed by atoms with E-state index in [-0.39, 0.29) is 5.91 Å². The Morgan fingerprint density at radius 1 is 0.971 bits per heavy atom. The molecule has 1 aromatic heterocycles. The molecule has 0 spiro atoms. The van der Waals surface area contributed by atoms with Gasteiger partial charge in [0, 0.05) is 40.5 Å². The van der Waals surface area contributed by atoms with Crippen molar-refractivity contribution in [2.75, 3.05) is 0 Å². The van der Waals surface area contributed by atoms with Gasteiger partial charge in [-0.05, 0) is 72.6 Å². The third-order valence-corrected chi connectivity index (χ3v) is 5.83. The van der Waals surface area contributed by atoms with Gasteiger partial charge in [0.1, 0.15) is 5.82 Å². The third-order valence-electron chi connectivity index (χ3n) is 4.35. The number of alkyl halides is 3. The minimum Gasteiger partial charge on any atom is -0.300 e. The van der Waals surface area contributed by atoms with Crippen LogP contribution in [0.15, 0.2) is 90.1 Å². The van der Waals surface area contributed by atoms with Gasteiger partial charge in [-0.2, -0.15) is 13.2 Å². The number of halogens is 5. The van der Waals surface area contributed by atoms with Crippen molar-refractivity contribution in [2.45, 2.75) is 18.0 Å². The minimum absolute atomic E-state index is 0.250. The molecule has 4 rings (SSSR count). The zero-order valence-corrected chi connectivity index (χ0v) is 20.0. The van der Waals surface area contributed by atoms with Crippen LogP contribution >= 0.6 is 35.1 Å². The van der Waals surface area contributed by atoms with Gasteiger partial charge in [0.25, 0.3) is 0 Å². The highest BCUT2D eigenvalue weighted by Gasteiger charge is 2.29. The highest BCUT2D eigenvalue weighted by Crippen LogP contribution is 2.30. The number of carbonyl (C=O) groups excluding carboxylic acids is 1. The van der Waals surface area contributed by atoms with Crippen LogP contribution in [0.25, 0.3) is 17.1 Å². The van der Waals surface area contributed by atoms with E-state index in [4.69, 9.17) is 23.2 Å². The van der Waals surface area contributed by atoms with Gasteiger partial charge >= 0.3 is 6.18 Å². The Labute approximate surface area is 208 Å². The summed E-state index contributed by atoms with van der Waals surface area (Å²) in [5.41, 5.74) is 1.20. The molecule has 0 saturated heterocycles. The quantitative estimate of drug-likeness (QED) is 0.279. The van der Waals surface area contributed by atoms with Crippen LogP contribution in [0.5, 0.6) is 0 Å². The fraction of sp³-hybridized carbons (Fsp3) is 0.0833. The lowest BCUT2D eigenvalue weighted by Gasteiger charge is -2.09. The highest BCUT2D eigenvalue weighted by molar-refractivity contribution is 7.98. The molecule has 10 heteroatoms. The Bertz CT molecular complexity index is 1240. The molecule has 0 aliphatic carbocycles. The summed E-state index contributed by atoms with van der Waals surface area (Å²) >= 11 is 13.1. The number of nitrogens with one attached hydrogen (secondary N) is 1. The van der Waals surface area contributed by atoms with E-state index < -0.39 is 11.7 Å². The Morgan fingerprint density at radius 3 is 2.21 bits per heavy atom. The average Bonchev–Trinajstić information content (AvgIpc) is 3.28. The Hall–Kier alpha value is -2.94. The predicted molar refractivity (Wildman–Crippen MR) is 130 cm³/mol. The van der Waals surface area contributed by atoms with Crippen molar-refractivity contribution in [1.82, 2.24) is 14.3 Å². The highest BCUT2D eigenvalue weighted by atomic mass is 35.5. The Kier molecular flexibility index (Phi) is 8.66. The molecule has 0 bridgehead atoms. The molecule has 4 aromatic rings. The van der Waals surface area contributed by atoms with Crippen LogP contribution in [-0.4, -0.2) is 15.5 Å². The van der Waals surface area contributed by atoms with Gasteiger partial charge in [-0.25, -0.2) is 4.98 Å². The van der Waals surface area contributed by atoms with Crippen molar-refractivity contribution in [3.8, 4) is 17.1 Å². The number of carbonyl (C=O) groups is 1. The summed E-state index contributed by atoms with van der Waals surface area (Å²) in [6.07, 6.45) is -0.660. The van der Waals surface area contributed by atoms with E-state index in [1.807, 2.05) is 59.3 Å². The molecule has 0 radical (unpaired) electrons. The summed E-state index contributed by atoms with van der Waals surface area (Å²) < 4.78 is 40.9. The van der Waals surface area contributed by atoms with E-state index in [2.05, 4.69) is 9.71 Å². The van der Waals surface area contributed by atoms with Gasteiger partial charge in [0.05, 0.1) is 10.6 Å². The summed E-state index contributed by atoms with van der Waals surface area (Å²) in [6, 6.07) is 19.8. The maximum Gasteiger partial charge on any atom is 0.416 e. The van der Waals surface area contributed by atoms with Gasteiger partial charge in [0.15, 0.2) is 0 Å². The van der Waals surface area contributed by atoms with Crippen molar-refractivity contribution in [2.24, 2.45) is 0 Å². The largest absolute Gasteiger partial charge is 0.416 e. The normalized spacial score (nSPS) is 10.9. The van der Waals surface area contributed by atoms with Crippen molar-refractivity contribution in [3.05, 3.63) is 101 Å². The summed E-state index contributed by atoms with van der Waals surface area (Å²) in [4.78, 5) is 15.5. The van der Waals surface area contributed by atoms with Gasteiger partial charge < -0.3 is 0 Å². The number of benzene rings is 3. The molecule has 0 aliphatic rings. The summed E-state index contributed by atoms with van der Waals surface area (Å²) in [5, 5.41) is 1.40. The molecule has 0 saturated carbocycles. The zero-order valence-electron chi connectivity index (χ0n) is 17.7. The van der Waals surface area contributed by atoms with E-state index in [1.54, 1.807) is 6.20 Å². The minimum atomic E-state index is -4.32. The van der Waals surface area contributed by atoms with Crippen LogP contribution in [-0.2, 0) is 11.0 Å². The molecule has 1 amide bonds. The zero-order chi connectivity index (χ0) is 24.7. The lowest BCUT2D eigenvalue weighted by molar-refractivity contribution is -0.137. The van der Waals surface area contributed by atoms with Crippen molar-refractivity contribution < 1.29 is 18.0 Å². The molecule has 34 heavy (non-hydrogen) atoms. The van der Waals surface area contributed by atoms with Crippen molar-refractivity contribution in [1.29, 1.82) is 0 Å². The first-order valence-electron chi connectivity index (χ1n) is 9.80. The molecule has 4 nitrogen and oxygen atoms in total.